The third kappa shape index (κ3) is 4.76. The molecule has 7 heteroatoms. The molecule has 0 fully saturated rings. The fourth-order valence-corrected chi connectivity index (χ4v) is 2.31. The van der Waals surface area contributed by atoms with E-state index >= 15 is 0 Å². The van der Waals surface area contributed by atoms with Crippen LogP contribution >= 0.6 is 0 Å². The molecule has 0 saturated carbocycles. The first-order valence-electron chi connectivity index (χ1n) is 8.29. The molecular formula is C19H20N6O. The van der Waals surface area contributed by atoms with Gasteiger partial charge in [-0.3, -0.25) is 9.78 Å². The minimum absolute atomic E-state index is 0.204. The SMILES string of the molecule is Cc1cnccc1NCCNC(=O)c1cnc(Nc2ccccc2)nc1. The van der Waals surface area contributed by atoms with E-state index in [9.17, 15) is 4.79 Å². The maximum atomic E-state index is 12.1. The number of aromatic nitrogens is 3. The molecule has 0 aliphatic carbocycles. The van der Waals surface area contributed by atoms with Crippen molar-refractivity contribution in [2.75, 3.05) is 23.7 Å². The predicted molar refractivity (Wildman–Crippen MR) is 102 cm³/mol. The zero-order chi connectivity index (χ0) is 18.2. The summed E-state index contributed by atoms with van der Waals surface area (Å²) in [7, 11) is 0. The van der Waals surface area contributed by atoms with E-state index in [1.54, 1.807) is 12.4 Å². The van der Waals surface area contributed by atoms with Crippen LogP contribution in [0.1, 0.15) is 15.9 Å². The number of nitrogens with zero attached hydrogens (tertiary/aromatic N) is 3. The number of aryl methyl sites for hydroxylation is 1. The first-order chi connectivity index (χ1) is 12.7. The number of anilines is 3. The van der Waals surface area contributed by atoms with Crippen molar-refractivity contribution in [1.29, 1.82) is 0 Å². The van der Waals surface area contributed by atoms with Crippen LogP contribution in [-0.2, 0) is 0 Å². The van der Waals surface area contributed by atoms with E-state index in [0.717, 1.165) is 16.9 Å². The molecule has 26 heavy (non-hydrogen) atoms. The molecule has 132 valence electrons. The number of carbonyl (C=O) groups excluding carboxylic acids is 1. The number of nitrogens with one attached hydrogen (secondary N) is 3. The van der Waals surface area contributed by atoms with E-state index in [0.29, 0.717) is 24.6 Å². The molecule has 0 aliphatic heterocycles. The van der Waals surface area contributed by atoms with Crippen molar-refractivity contribution in [2.45, 2.75) is 6.92 Å². The van der Waals surface area contributed by atoms with E-state index in [-0.39, 0.29) is 5.91 Å². The average molecular weight is 348 g/mol. The van der Waals surface area contributed by atoms with E-state index in [1.165, 1.54) is 12.4 Å². The molecule has 0 saturated heterocycles. The summed E-state index contributed by atoms with van der Waals surface area (Å²) in [6, 6.07) is 11.5. The molecule has 1 amide bonds. The lowest BCUT2D eigenvalue weighted by atomic mass is 10.2. The lowest BCUT2D eigenvalue weighted by Gasteiger charge is -2.10. The second kappa shape index (κ2) is 8.57. The van der Waals surface area contributed by atoms with Crippen LogP contribution < -0.4 is 16.0 Å². The predicted octanol–water partition coefficient (Wildman–Crippen LogP) is 2.77. The van der Waals surface area contributed by atoms with E-state index in [2.05, 4.69) is 30.9 Å². The normalized spacial score (nSPS) is 10.2. The summed E-state index contributed by atoms with van der Waals surface area (Å²) in [5, 5.41) is 9.18. The number of benzene rings is 1. The molecule has 0 spiro atoms. The van der Waals surface area contributed by atoms with Gasteiger partial charge in [-0.1, -0.05) is 18.2 Å². The Kier molecular flexibility index (Phi) is 5.72. The highest BCUT2D eigenvalue weighted by Crippen LogP contribution is 2.12. The largest absolute Gasteiger partial charge is 0.383 e. The number of carbonyl (C=O) groups is 1. The van der Waals surface area contributed by atoms with Gasteiger partial charge in [0.05, 0.1) is 5.56 Å². The first kappa shape index (κ1) is 17.3. The molecule has 2 aromatic heterocycles. The molecular weight excluding hydrogens is 328 g/mol. The van der Waals surface area contributed by atoms with Gasteiger partial charge in [-0.15, -0.1) is 0 Å². The number of amides is 1. The van der Waals surface area contributed by atoms with Crippen molar-refractivity contribution in [2.24, 2.45) is 0 Å². The maximum absolute atomic E-state index is 12.1. The van der Waals surface area contributed by atoms with Gasteiger partial charge in [0, 0.05) is 49.3 Å². The molecule has 2 heterocycles. The monoisotopic (exact) mass is 348 g/mol. The summed E-state index contributed by atoms with van der Waals surface area (Å²) in [4.78, 5) is 24.5. The van der Waals surface area contributed by atoms with Crippen LogP contribution in [0.5, 0.6) is 0 Å². The zero-order valence-electron chi connectivity index (χ0n) is 14.4. The summed E-state index contributed by atoms with van der Waals surface area (Å²) >= 11 is 0. The number of hydrogen-bond acceptors (Lipinski definition) is 6. The summed E-state index contributed by atoms with van der Waals surface area (Å²) in [5.74, 6) is 0.243. The number of para-hydroxylation sites is 1. The third-order valence-corrected chi connectivity index (χ3v) is 3.69. The molecule has 3 aromatic rings. The second-order valence-corrected chi connectivity index (χ2v) is 5.66. The maximum Gasteiger partial charge on any atom is 0.254 e. The lowest BCUT2D eigenvalue weighted by molar-refractivity contribution is 0.0954. The summed E-state index contributed by atoms with van der Waals surface area (Å²) in [5.41, 5.74) is 3.38. The average Bonchev–Trinajstić information content (AvgIpc) is 2.68. The van der Waals surface area contributed by atoms with Crippen LogP contribution in [0.3, 0.4) is 0 Å². The van der Waals surface area contributed by atoms with Crippen molar-refractivity contribution < 1.29 is 4.79 Å². The van der Waals surface area contributed by atoms with Gasteiger partial charge in [0.15, 0.2) is 0 Å². The number of pyridine rings is 1. The lowest BCUT2D eigenvalue weighted by Crippen LogP contribution is -2.29. The molecule has 0 aliphatic rings. The van der Waals surface area contributed by atoms with Crippen molar-refractivity contribution >= 4 is 23.2 Å². The minimum atomic E-state index is -0.204. The van der Waals surface area contributed by atoms with Crippen LogP contribution in [0.2, 0.25) is 0 Å². The highest BCUT2D eigenvalue weighted by Gasteiger charge is 2.07. The van der Waals surface area contributed by atoms with Gasteiger partial charge in [0.2, 0.25) is 5.95 Å². The molecule has 7 nitrogen and oxygen atoms in total. The minimum Gasteiger partial charge on any atom is -0.383 e. The fourth-order valence-electron chi connectivity index (χ4n) is 2.31. The van der Waals surface area contributed by atoms with E-state index in [1.807, 2.05) is 43.3 Å². The quantitative estimate of drug-likeness (QED) is 0.569. The van der Waals surface area contributed by atoms with Gasteiger partial charge >= 0.3 is 0 Å². The van der Waals surface area contributed by atoms with Crippen LogP contribution in [0.15, 0.2) is 61.2 Å². The van der Waals surface area contributed by atoms with Crippen LogP contribution in [0, 0.1) is 6.92 Å². The van der Waals surface area contributed by atoms with Gasteiger partial charge in [0.25, 0.3) is 5.91 Å². The van der Waals surface area contributed by atoms with Crippen molar-refractivity contribution in [1.82, 2.24) is 20.3 Å². The molecule has 0 bridgehead atoms. The number of hydrogen-bond donors (Lipinski definition) is 3. The first-order valence-corrected chi connectivity index (χ1v) is 8.29. The van der Waals surface area contributed by atoms with Crippen LogP contribution in [0.4, 0.5) is 17.3 Å². The molecule has 3 N–H and O–H groups in total. The summed E-state index contributed by atoms with van der Waals surface area (Å²) in [6.45, 7) is 3.09. The fraction of sp³-hybridized carbons (Fsp3) is 0.158. The summed E-state index contributed by atoms with van der Waals surface area (Å²) in [6.07, 6.45) is 6.54. The smallest absolute Gasteiger partial charge is 0.254 e. The Morgan fingerprint density at radius 2 is 1.77 bits per heavy atom. The van der Waals surface area contributed by atoms with Crippen molar-refractivity contribution in [3.05, 3.63) is 72.3 Å². The Bertz CT molecular complexity index is 851. The third-order valence-electron chi connectivity index (χ3n) is 3.69. The molecule has 3 rings (SSSR count). The molecule has 0 radical (unpaired) electrons. The second-order valence-electron chi connectivity index (χ2n) is 5.66. The van der Waals surface area contributed by atoms with Crippen LogP contribution in [0.25, 0.3) is 0 Å². The highest BCUT2D eigenvalue weighted by atomic mass is 16.1. The van der Waals surface area contributed by atoms with Crippen molar-refractivity contribution in [3.63, 3.8) is 0 Å². The Morgan fingerprint density at radius 1 is 1.00 bits per heavy atom. The molecule has 0 atom stereocenters. The van der Waals surface area contributed by atoms with Gasteiger partial charge in [-0.2, -0.15) is 0 Å². The number of rotatable bonds is 7. The molecule has 1 aromatic carbocycles. The topological polar surface area (TPSA) is 91.8 Å². The highest BCUT2D eigenvalue weighted by molar-refractivity contribution is 5.93. The van der Waals surface area contributed by atoms with Gasteiger partial charge < -0.3 is 16.0 Å². The van der Waals surface area contributed by atoms with Gasteiger partial charge in [0.1, 0.15) is 0 Å². The Morgan fingerprint density at radius 3 is 2.50 bits per heavy atom. The van der Waals surface area contributed by atoms with E-state index in [4.69, 9.17) is 0 Å². The standard InChI is InChI=1S/C19H20N6O/c1-14-11-20-8-7-17(14)21-9-10-22-18(26)15-12-23-19(24-13-15)25-16-5-3-2-4-6-16/h2-8,11-13H,9-10H2,1H3,(H,20,21)(H,22,26)(H,23,24,25). The van der Waals surface area contributed by atoms with Gasteiger partial charge in [-0.25, -0.2) is 9.97 Å². The Labute approximate surface area is 151 Å². The van der Waals surface area contributed by atoms with Crippen LogP contribution in [-0.4, -0.2) is 33.9 Å². The van der Waals surface area contributed by atoms with Gasteiger partial charge in [-0.05, 0) is 30.7 Å². The van der Waals surface area contributed by atoms with Crippen molar-refractivity contribution in [3.8, 4) is 0 Å². The zero-order valence-corrected chi connectivity index (χ0v) is 14.4. The van der Waals surface area contributed by atoms with E-state index < -0.39 is 0 Å². The Balaban J connectivity index is 1.46. The summed E-state index contributed by atoms with van der Waals surface area (Å²) < 4.78 is 0. The Hall–Kier alpha value is -3.48. The molecule has 0 unspecified atom stereocenters.